The lowest BCUT2D eigenvalue weighted by Gasteiger charge is -1.95. The van der Waals surface area contributed by atoms with Crippen LogP contribution in [-0.4, -0.2) is 16.4 Å². The molecule has 66 valence electrons. The molecular formula is C9H6FNO2. The molecule has 1 aromatic heterocycles. The zero-order chi connectivity index (χ0) is 9.42. The third kappa shape index (κ3) is 1.07. The highest BCUT2D eigenvalue weighted by molar-refractivity contribution is 5.97. The van der Waals surface area contributed by atoms with Gasteiger partial charge >= 0.3 is 0 Å². The topological polar surface area (TPSA) is 53.1 Å². The fraction of sp³-hybridized carbons (Fsp3) is 0. The number of fused-ring (bicyclic) bond motifs is 1. The predicted molar refractivity (Wildman–Crippen MR) is 45.3 cm³/mol. The third-order valence-electron chi connectivity index (χ3n) is 1.88. The van der Waals surface area contributed by atoms with Gasteiger partial charge < -0.3 is 10.1 Å². The fourth-order valence-electron chi connectivity index (χ4n) is 1.29. The molecule has 3 nitrogen and oxygen atoms in total. The number of hydrogen-bond acceptors (Lipinski definition) is 2. The van der Waals surface area contributed by atoms with E-state index in [1.165, 1.54) is 12.3 Å². The summed E-state index contributed by atoms with van der Waals surface area (Å²) in [6.07, 6.45) is 2.01. The second-order valence-electron chi connectivity index (χ2n) is 2.71. The van der Waals surface area contributed by atoms with Gasteiger partial charge in [-0.2, -0.15) is 0 Å². The van der Waals surface area contributed by atoms with Gasteiger partial charge in [0, 0.05) is 23.2 Å². The summed E-state index contributed by atoms with van der Waals surface area (Å²) in [5.41, 5.74) is 0.574. The van der Waals surface area contributed by atoms with E-state index in [4.69, 9.17) is 5.11 Å². The molecule has 4 heteroatoms. The minimum absolute atomic E-state index is 0.187. The molecule has 0 amide bonds. The van der Waals surface area contributed by atoms with Crippen LogP contribution in [0.5, 0.6) is 5.75 Å². The van der Waals surface area contributed by atoms with Crippen molar-refractivity contribution in [2.24, 2.45) is 0 Å². The number of carbonyl (C=O) groups excluding carboxylic acids is 1. The lowest BCUT2D eigenvalue weighted by molar-refractivity contribution is 0.112. The molecule has 0 fully saturated rings. The van der Waals surface area contributed by atoms with Crippen molar-refractivity contribution in [3.05, 3.63) is 29.7 Å². The molecule has 0 radical (unpaired) electrons. The lowest BCUT2D eigenvalue weighted by Crippen LogP contribution is -1.79. The van der Waals surface area contributed by atoms with Crippen molar-refractivity contribution in [1.82, 2.24) is 4.98 Å². The van der Waals surface area contributed by atoms with Crippen LogP contribution in [0.25, 0.3) is 10.9 Å². The van der Waals surface area contributed by atoms with E-state index in [1.54, 1.807) is 0 Å². The van der Waals surface area contributed by atoms with Crippen molar-refractivity contribution >= 4 is 17.2 Å². The Hall–Kier alpha value is -1.84. The van der Waals surface area contributed by atoms with Gasteiger partial charge in [0.15, 0.2) is 12.1 Å². The molecule has 1 heterocycles. The normalized spacial score (nSPS) is 10.5. The van der Waals surface area contributed by atoms with Gasteiger partial charge in [-0.25, -0.2) is 4.39 Å². The number of aromatic nitrogens is 1. The molecule has 0 aliphatic heterocycles. The van der Waals surface area contributed by atoms with Gasteiger partial charge in [-0.05, 0) is 6.07 Å². The molecule has 0 spiro atoms. The molecule has 0 atom stereocenters. The Morgan fingerprint density at radius 1 is 1.46 bits per heavy atom. The summed E-state index contributed by atoms with van der Waals surface area (Å²) in [6.45, 7) is 0. The van der Waals surface area contributed by atoms with Crippen LogP contribution in [0.2, 0.25) is 0 Å². The summed E-state index contributed by atoms with van der Waals surface area (Å²) in [5.74, 6) is -0.754. The minimum atomic E-state index is -0.567. The van der Waals surface area contributed by atoms with Gasteiger partial charge in [-0.1, -0.05) is 0 Å². The van der Waals surface area contributed by atoms with Gasteiger partial charge in [0.25, 0.3) is 0 Å². The van der Waals surface area contributed by atoms with E-state index in [0.717, 1.165) is 6.07 Å². The Labute approximate surface area is 72.8 Å². The van der Waals surface area contributed by atoms with Gasteiger partial charge in [-0.3, -0.25) is 4.79 Å². The lowest BCUT2D eigenvalue weighted by atomic mass is 10.2. The van der Waals surface area contributed by atoms with E-state index in [1.807, 2.05) is 0 Å². The number of rotatable bonds is 1. The first-order valence-corrected chi connectivity index (χ1v) is 3.67. The van der Waals surface area contributed by atoms with Crippen molar-refractivity contribution < 1.29 is 14.3 Å². The molecule has 0 aliphatic carbocycles. The number of halogens is 1. The number of phenols is 1. The van der Waals surface area contributed by atoms with Crippen molar-refractivity contribution in [3.63, 3.8) is 0 Å². The Morgan fingerprint density at radius 2 is 2.23 bits per heavy atom. The second kappa shape index (κ2) is 2.58. The molecule has 13 heavy (non-hydrogen) atoms. The van der Waals surface area contributed by atoms with Gasteiger partial charge in [0.1, 0.15) is 5.75 Å². The summed E-state index contributed by atoms with van der Waals surface area (Å²) in [5, 5.41) is 9.48. The van der Waals surface area contributed by atoms with Crippen LogP contribution in [0, 0.1) is 5.82 Å². The molecular weight excluding hydrogens is 173 g/mol. The first kappa shape index (κ1) is 7.79. The monoisotopic (exact) mass is 179 g/mol. The number of aromatic amines is 1. The minimum Gasteiger partial charge on any atom is -0.508 e. The maximum atomic E-state index is 13.1. The van der Waals surface area contributed by atoms with Crippen LogP contribution < -0.4 is 0 Å². The number of H-pyrrole nitrogens is 1. The van der Waals surface area contributed by atoms with E-state index in [9.17, 15) is 9.18 Å². The number of hydrogen-bond donors (Lipinski definition) is 2. The van der Waals surface area contributed by atoms with E-state index in [-0.39, 0.29) is 11.3 Å². The predicted octanol–water partition coefficient (Wildman–Crippen LogP) is 1.83. The highest BCUT2D eigenvalue weighted by Crippen LogP contribution is 2.24. The maximum Gasteiger partial charge on any atom is 0.152 e. The molecule has 2 aromatic rings. The van der Waals surface area contributed by atoms with Gasteiger partial charge in [0.05, 0.1) is 5.52 Å². The first-order chi connectivity index (χ1) is 6.22. The molecule has 2 N–H and O–H groups in total. The zero-order valence-electron chi connectivity index (χ0n) is 6.54. The number of phenolic OH excluding ortho intramolecular Hbond substituents is 1. The number of benzene rings is 1. The van der Waals surface area contributed by atoms with Crippen LogP contribution in [0.15, 0.2) is 18.3 Å². The summed E-state index contributed by atoms with van der Waals surface area (Å²) in [4.78, 5) is 13.1. The third-order valence-corrected chi connectivity index (χ3v) is 1.88. The van der Waals surface area contributed by atoms with Crippen LogP contribution in [0.3, 0.4) is 0 Å². The number of aromatic hydroxyl groups is 1. The van der Waals surface area contributed by atoms with Gasteiger partial charge in [-0.15, -0.1) is 0 Å². The van der Waals surface area contributed by atoms with Crippen molar-refractivity contribution in [2.75, 3.05) is 0 Å². The van der Waals surface area contributed by atoms with Crippen molar-refractivity contribution in [1.29, 1.82) is 0 Å². The standard InChI is InChI=1S/C9H6FNO2/c10-8-2-6(13)1-7-5(4-12)3-11-9(7)8/h1-4,11,13H. The molecule has 0 saturated carbocycles. The van der Waals surface area contributed by atoms with E-state index < -0.39 is 5.82 Å². The maximum absolute atomic E-state index is 13.1. The number of aldehydes is 1. The summed E-state index contributed by atoms with van der Waals surface area (Å²) in [6, 6.07) is 2.34. The molecule has 0 bridgehead atoms. The molecule has 2 rings (SSSR count). The summed E-state index contributed by atoms with van der Waals surface area (Å²) < 4.78 is 13.1. The number of nitrogens with one attached hydrogen (secondary N) is 1. The summed E-state index contributed by atoms with van der Waals surface area (Å²) >= 11 is 0. The smallest absolute Gasteiger partial charge is 0.152 e. The molecule has 1 aromatic carbocycles. The Bertz CT molecular complexity index is 476. The van der Waals surface area contributed by atoms with Gasteiger partial charge in [0.2, 0.25) is 0 Å². The first-order valence-electron chi connectivity index (χ1n) is 3.67. The number of carbonyl (C=O) groups is 1. The van der Waals surface area contributed by atoms with Crippen LogP contribution in [-0.2, 0) is 0 Å². The highest BCUT2D eigenvalue weighted by atomic mass is 19.1. The summed E-state index contributed by atoms with van der Waals surface area (Å²) in [7, 11) is 0. The zero-order valence-corrected chi connectivity index (χ0v) is 6.54. The largest absolute Gasteiger partial charge is 0.508 e. The van der Waals surface area contributed by atoms with Crippen LogP contribution in [0.4, 0.5) is 4.39 Å². The molecule has 0 unspecified atom stereocenters. The fourth-order valence-corrected chi connectivity index (χ4v) is 1.29. The average molecular weight is 179 g/mol. The SMILES string of the molecule is O=Cc1c[nH]c2c(F)cc(O)cc12. The highest BCUT2D eigenvalue weighted by Gasteiger charge is 2.08. The quantitative estimate of drug-likeness (QED) is 0.656. The van der Waals surface area contributed by atoms with Crippen molar-refractivity contribution in [2.45, 2.75) is 0 Å². The Balaban J connectivity index is 2.89. The van der Waals surface area contributed by atoms with E-state index >= 15 is 0 Å². The van der Waals surface area contributed by atoms with Crippen LogP contribution in [0.1, 0.15) is 10.4 Å². The average Bonchev–Trinajstić information content (AvgIpc) is 2.47. The molecule has 0 saturated heterocycles. The Kier molecular flexibility index (Phi) is 1.55. The van der Waals surface area contributed by atoms with Crippen LogP contribution >= 0.6 is 0 Å². The molecule has 0 aliphatic rings. The van der Waals surface area contributed by atoms with E-state index in [0.29, 0.717) is 17.2 Å². The Morgan fingerprint density at radius 3 is 2.92 bits per heavy atom. The van der Waals surface area contributed by atoms with Crippen molar-refractivity contribution in [3.8, 4) is 5.75 Å². The second-order valence-corrected chi connectivity index (χ2v) is 2.71. The van der Waals surface area contributed by atoms with E-state index in [2.05, 4.69) is 4.98 Å².